The van der Waals surface area contributed by atoms with Crippen LogP contribution in [0.3, 0.4) is 0 Å². The van der Waals surface area contributed by atoms with Gasteiger partial charge in [-0.15, -0.1) is 0 Å². The number of aromatic carboxylic acids is 1. The van der Waals surface area contributed by atoms with Gasteiger partial charge in [0, 0.05) is 35.0 Å². The number of amidine groups is 1. The SMILES string of the molecule is CNC(=O)c1ccc(-c2cc(C)oc2C(=O)Nc2ccc(C(=N)N)cc2)c(C(=O)O)c1. The number of carboxylic acid groups (broad SMARTS) is 1. The predicted molar refractivity (Wildman–Crippen MR) is 115 cm³/mol. The summed E-state index contributed by atoms with van der Waals surface area (Å²) in [6, 6.07) is 12.1. The quantitative estimate of drug-likeness (QED) is 0.305. The molecule has 0 aliphatic carbocycles. The topological polar surface area (TPSA) is 159 Å². The minimum absolute atomic E-state index is 0.0664. The number of carbonyl (C=O) groups is 3. The Hall–Kier alpha value is -4.40. The van der Waals surface area contributed by atoms with Crippen LogP contribution in [0.4, 0.5) is 5.69 Å². The number of hydrogen-bond donors (Lipinski definition) is 5. The van der Waals surface area contributed by atoms with Crippen molar-refractivity contribution in [1.29, 1.82) is 5.41 Å². The van der Waals surface area contributed by atoms with Gasteiger partial charge in [0.2, 0.25) is 0 Å². The normalized spacial score (nSPS) is 10.4. The number of hydrogen-bond acceptors (Lipinski definition) is 5. The minimum atomic E-state index is -1.24. The van der Waals surface area contributed by atoms with E-state index in [9.17, 15) is 19.5 Å². The number of nitrogens with two attached hydrogens (primary N) is 1. The molecule has 1 aromatic heterocycles. The van der Waals surface area contributed by atoms with Crippen molar-refractivity contribution in [2.24, 2.45) is 5.73 Å². The van der Waals surface area contributed by atoms with Crippen LogP contribution >= 0.6 is 0 Å². The summed E-state index contributed by atoms with van der Waals surface area (Å²) >= 11 is 0. The Bertz CT molecular complexity index is 1200. The van der Waals surface area contributed by atoms with Gasteiger partial charge in [-0.3, -0.25) is 15.0 Å². The van der Waals surface area contributed by atoms with Gasteiger partial charge in [-0.05, 0) is 49.4 Å². The highest BCUT2D eigenvalue weighted by Crippen LogP contribution is 2.31. The van der Waals surface area contributed by atoms with Gasteiger partial charge in [0.1, 0.15) is 11.6 Å². The third-order valence-corrected chi connectivity index (χ3v) is 4.54. The summed E-state index contributed by atoms with van der Waals surface area (Å²) in [5.74, 6) is -1.99. The molecule has 0 aliphatic heterocycles. The van der Waals surface area contributed by atoms with Crippen molar-refractivity contribution in [3.63, 3.8) is 0 Å². The first-order chi connectivity index (χ1) is 14.7. The maximum atomic E-state index is 12.9. The zero-order chi connectivity index (χ0) is 22.7. The Balaban J connectivity index is 2.00. The number of anilines is 1. The number of benzene rings is 2. The lowest BCUT2D eigenvalue weighted by Crippen LogP contribution is -2.18. The summed E-state index contributed by atoms with van der Waals surface area (Å²) in [5, 5.41) is 22.2. The minimum Gasteiger partial charge on any atom is -0.478 e. The van der Waals surface area contributed by atoms with Crippen molar-refractivity contribution < 1.29 is 23.9 Å². The highest BCUT2D eigenvalue weighted by atomic mass is 16.4. The molecule has 0 aliphatic rings. The molecular weight excluding hydrogens is 400 g/mol. The Labute approximate surface area is 177 Å². The van der Waals surface area contributed by atoms with Crippen LogP contribution in [0.5, 0.6) is 0 Å². The summed E-state index contributed by atoms with van der Waals surface area (Å²) in [6.45, 7) is 1.64. The molecule has 3 rings (SSSR count). The average Bonchev–Trinajstić information content (AvgIpc) is 3.14. The number of aryl methyl sites for hydroxylation is 1. The van der Waals surface area contributed by atoms with Crippen molar-refractivity contribution in [2.75, 3.05) is 12.4 Å². The molecule has 0 fully saturated rings. The Morgan fingerprint density at radius 1 is 0.968 bits per heavy atom. The predicted octanol–water partition coefficient (Wildman–Crippen LogP) is 2.85. The van der Waals surface area contributed by atoms with Crippen LogP contribution < -0.4 is 16.4 Å². The number of carboxylic acids is 1. The molecule has 9 heteroatoms. The first-order valence-electron chi connectivity index (χ1n) is 9.17. The number of nitrogens with one attached hydrogen (secondary N) is 3. The van der Waals surface area contributed by atoms with Crippen LogP contribution in [0.2, 0.25) is 0 Å². The van der Waals surface area contributed by atoms with Crippen LogP contribution in [0, 0.1) is 12.3 Å². The van der Waals surface area contributed by atoms with Gasteiger partial charge in [-0.2, -0.15) is 0 Å². The molecule has 9 nitrogen and oxygen atoms in total. The van der Waals surface area contributed by atoms with Gasteiger partial charge >= 0.3 is 5.97 Å². The number of rotatable bonds is 6. The van der Waals surface area contributed by atoms with Gasteiger partial charge in [0.25, 0.3) is 11.8 Å². The highest BCUT2D eigenvalue weighted by Gasteiger charge is 2.23. The Kier molecular flexibility index (Phi) is 5.87. The second kappa shape index (κ2) is 8.54. The van der Waals surface area contributed by atoms with Crippen molar-refractivity contribution in [1.82, 2.24) is 5.32 Å². The number of amides is 2. The van der Waals surface area contributed by atoms with E-state index in [1.807, 2.05) is 0 Å². The average molecular weight is 420 g/mol. The van der Waals surface area contributed by atoms with E-state index in [0.29, 0.717) is 17.0 Å². The number of furan rings is 1. The van der Waals surface area contributed by atoms with Crippen molar-refractivity contribution in [2.45, 2.75) is 6.92 Å². The molecule has 158 valence electrons. The summed E-state index contributed by atoms with van der Waals surface area (Å²) in [4.78, 5) is 36.6. The molecule has 2 amide bonds. The van der Waals surface area contributed by atoms with Crippen LogP contribution in [-0.4, -0.2) is 35.8 Å². The fraction of sp³-hybridized carbons (Fsp3) is 0.0909. The fourth-order valence-electron chi connectivity index (χ4n) is 3.05. The molecule has 0 saturated heterocycles. The van der Waals surface area contributed by atoms with E-state index in [0.717, 1.165) is 0 Å². The molecule has 3 aromatic rings. The maximum absolute atomic E-state index is 12.9. The Morgan fingerprint density at radius 3 is 2.19 bits per heavy atom. The lowest BCUT2D eigenvalue weighted by Gasteiger charge is -2.10. The van der Waals surface area contributed by atoms with E-state index < -0.39 is 17.8 Å². The van der Waals surface area contributed by atoms with E-state index in [4.69, 9.17) is 15.6 Å². The van der Waals surface area contributed by atoms with Crippen LogP contribution in [-0.2, 0) is 0 Å². The van der Waals surface area contributed by atoms with Crippen LogP contribution in [0.1, 0.15) is 42.6 Å². The summed E-state index contributed by atoms with van der Waals surface area (Å²) in [7, 11) is 1.45. The summed E-state index contributed by atoms with van der Waals surface area (Å²) in [6.07, 6.45) is 0. The smallest absolute Gasteiger partial charge is 0.336 e. The molecule has 6 N–H and O–H groups in total. The standard InChI is InChI=1S/C22H20N4O5/c1-11-9-16(15-8-5-13(20(27)25-2)10-17(15)22(29)30)18(31-11)21(28)26-14-6-3-12(4-7-14)19(23)24/h3-10H,1-2H3,(H3,23,24)(H,25,27)(H,26,28)(H,29,30). The first kappa shape index (κ1) is 21.3. The number of carbonyl (C=O) groups excluding carboxylic acids is 2. The van der Waals surface area contributed by atoms with Gasteiger partial charge in [0.15, 0.2) is 5.76 Å². The summed E-state index contributed by atoms with van der Waals surface area (Å²) in [5.41, 5.74) is 6.96. The molecule has 0 atom stereocenters. The molecule has 31 heavy (non-hydrogen) atoms. The lowest BCUT2D eigenvalue weighted by molar-refractivity contribution is 0.0697. The molecule has 1 heterocycles. The third-order valence-electron chi connectivity index (χ3n) is 4.54. The fourth-order valence-corrected chi connectivity index (χ4v) is 3.05. The van der Waals surface area contributed by atoms with Crippen LogP contribution in [0.15, 0.2) is 52.9 Å². The van der Waals surface area contributed by atoms with E-state index in [1.54, 1.807) is 37.3 Å². The molecule has 0 radical (unpaired) electrons. The first-order valence-corrected chi connectivity index (χ1v) is 9.17. The second-order valence-corrected chi connectivity index (χ2v) is 6.69. The lowest BCUT2D eigenvalue weighted by atomic mass is 9.97. The van der Waals surface area contributed by atoms with Gasteiger partial charge in [-0.1, -0.05) is 6.07 Å². The molecule has 0 spiro atoms. The molecule has 0 bridgehead atoms. The zero-order valence-electron chi connectivity index (χ0n) is 16.8. The molecule has 0 saturated carbocycles. The molecule has 2 aromatic carbocycles. The monoisotopic (exact) mass is 420 g/mol. The van der Waals surface area contributed by atoms with E-state index in [1.165, 1.54) is 25.2 Å². The van der Waals surface area contributed by atoms with Crippen molar-refractivity contribution in [3.8, 4) is 11.1 Å². The largest absolute Gasteiger partial charge is 0.478 e. The maximum Gasteiger partial charge on any atom is 0.336 e. The number of nitrogen functional groups attached to an aromatic ring is 1. The van der Waals surface area contributed by atoms with Gasteiger partial charge in [0.05, 0.1) is 5.56 Å². The van der Waals surface area contributed by atoms with Crippen molar-refractivity contribution >= 4 is 29.3 Å². The van der Waals surface area contributed by atoms with Crippen molar-refractivity contribution in [3.05, 3.63) is 76.7 Å². The molecule has 0 unspecified atom stereocenters. The van der Waals surface area contributed by atoms with E-state index >= 15 is 0 Å². The molecular formula is C22H20N4O5. The van der Waals surface area contributed by atoms with Gasteiger partial charge < -0.3 is 25.9 Å². The summed E-state index contributed by atoms with van der Waals surface area (Å²) < 4.78 is 5.56. The van der Waals surface area contributed by atoms with E-state index in [2.05, 4.69) is 10.6 Å². The third kappa shape index (κ3) is 4.45. The second-order valence-electron chi connectivity index (χ2n) is 6.69. The highest BCUT2D eigenvalue weighted by molar-refractivity contribution is 6.09. The Morgan fingerprint density at radius 2 is 1.61 bits per heavy atom. The van der Waals surface area contributed by atoms with E-state index in [-0.39, 0.29) is 33.8 Å². The zero-order valence-corrected chi connectivity index (χ0v) is 16.8. The van der Waals surface area contributed by atoms with Crippen LogP contribution in [0.25, 0.3) is 11.1 Å². The van der Waals surface area contributed by atoms with Gasteiger partial charge in [-0.25, -0.2) is 4.79 Å².